The molecular formula is C21H21N3O4S. The number of nitrogens with zero attached hydrogens (tertiary/aromatic N) is 2. The van der Waals surface area contributed by atoms with Gasteiger partial charge in [0, 0.05) is 5.56 Å². The van der Waals surface area contributed by atoms with E-state index in [1.807, 2.05) is 37.3 Å². The maximum Gasteiger partial charge on any atom is 0.235 e. The molecule has 2 heterocycles. The molecule has 2 N–H and O–H groups in total. The zero-order valence-electron chi connectivity index (χ0n) is 16.3. The molecule has 8 heteroatoms. The Bertz CT molecular complexity index is 1060. The maximum absolute atomic E-state index is 12.4. The predicted molar refractivity (Wildman–Crippen MR) is 112 cm³/mol. The van der Waals surface area contributed by atoms with E-state index in [-0.39, 0.29) is 16.9 Å². The Morgan fingerprint density at radius 1 is 1.17 bits per heavy atom. The lowest BCUT2D eigenvalue weighted by Gasteiger charge is -2.16. The quantitative estimate of drug-likeness (QED) is 0.681. The summed E-state index contributed by atoms with van der Waals surface area (Å²) in [4.78, 5) is 12.4. The Morgan fingerprint density at radius 3 is 2.62 bits per heavy atom. The summed E-state index contributed by atoms with van der Waals surface area (Å²) >= 11 is 1.52. The number of carbonyl (C=O) groups excluding carboxylic acids is 1. The molecule has 1 atom stereocenters. The fourth-order valence-electron chi connectivity index (χ4n) is 3.41. The van der Waals surface area contributed by atoms with Crippen molar-refractivity contribution in [1.29, 1.82) is 0 Å². The number of phenols is 1. The number of rotatable bonds is 4. The van der Waals surface area contributed by atoms with Crippen molar-refractivity contribution in [2.24, 2.45) is 0 Å². The molecule has 0 fully saturated rings. The van der Waals surface area contributed by atoms with Crippen molar-refractivity contribution in [2.75, 3.05) is 25.3 Å². The number of phenolic OH excluding ortho intramolecular Hbond substituents is 1. The molecule has 2 aromatic carbocycles. The van der Waals surface area contributed by atoms with Crippen LogP contribution in [0.15, 0.2) is 42.5 Å². The number of fused-ring (bicyclic) bond motifs is 1. The summed E-state index contributed by atoms with van der Waals surface area (Å²) in [5, 5.41) is 17.5. The van der Waals surface area contributed by atoms with Crippen LogP contribution in [0.4, 0.5) is 5.82 Å². The zero-order valence-corrected chi connectivity index (χ0v) is 17.1. The Kier molecular flexibility index (Phi) is 5.10. The summed E-state index contributed by atoms with van der Waals surface area (Å²) in [7, 11) is 3.13. The van der Waals surface area contributed by atoms with E-state index in [0.717, 1.165) is 28.3 Å². The molecular weight excluding hydrogens is 390 g/mol. The van der Waals surface area contributed by atoms with Crippen LogP contribution in [0, 0.1) is 6.92 Å². The van der Waals surface area contributed by atoms with Gasteiger partial charge in [0.05, 0.1) is 36.6 Å². The predicted octanol–water partition coefficient (Wildman–Crippen LogP) is 3.68. The van der Waals surface area contributed by atoms with Gasteiger partial charge in [-0.15, -0.1) is 11.8 Å². The number of hydrogen-bond donors (Lipinski definition) is 2. The molecule has 7 nitrogen and oxygen atoms in total. The van der Waals surface area contributed by atoms with Crippen LogP contribution in [0.1, 0.15) is 22.1 Å². The minimum absolute atomic E-state index is 0.0787. The first-order valence-electron chi connectivity index (χ1n) is 9.04. The lowest BCUT2D eigenvalue weighted by atomic mass is 10.0. The van der Waals surface area contributed by atoms with Gasteiger partial charge in [-0.3, -0.25) is 4.79 Å². The number of benzene rings is 2. The van der Waals surface area contributed by atoms with E-state index in [4.69, 9.17) is 14.6 Å². The molecule has 0 spiro atoms. The number of anilines is 1. The maximum atomic E-state index is 12.4. The van der Waals surface area contributed by atoms with Gasteiger partial charge in [0.1, 0.15) is 11.6 Å². The number of nitrogens with one attached hydrogen (secondary N) is 1. The number of aryl methyl sites for hydroxylation is 1. The van der Waals surface area contributed by atoms with Gasteiger partial charge in [0.15, 0.2) is 11.5 Å². The first-order chi connectivity index (χ1) is 14.0. The number of aromatic hydroxyl groups is 1. The summed E-state index contributed by atoms with van der Waals surface area (Å²) in [5.74, 6) is 2.10. The average Bonchev–Trinajstić information content (AvgIpc) is 2.93. The second-order valence-corrected chi connectivity index (χ2v) is 7.72. The summed E-state index contributed by atoms with van der Waals surface area (Å²) in [6.07, 6.45) is 0. The van der Waals surface area contributed by atoms with Crippen LogP contribution in [0.2, 0.25) is 0 Å². The standard InChI is InChI=1S/C21H21N3O4S/c1-12-19-20(13-4-9-16(25)17(10-13)28-3)29-11-18(26)22-21(19)24(23-12)14-5-7-15(27-2)8-6-14/h4-10,20,25H,11H2,1-3H3,(H,22,26)/t20-/m1/s1. The minimum atomic E-state index is -0.134. The fraction of sp³-hybridized carbons (Fsp3) is 0.238. The van der Waals surface area contributed by atoms with Crippen molar-refractivity contribution >= 4 is 23.5 Å². The molecule has 1 aliphatic rings. The van der Waals surface area contributed by atoms with Crippen LogP contribution in [-0.2, 0) is 4.79 Å². The molecule has 150 valence electrons. The van der Waals surface area contributed by atoms with Gasteiger partial charge in [-0.05, 0) is 48.9 Å². The number of carbonyl (C=O) groups is 1. The fourth-order valence-corrected chi connectivity index (χ4v) is 4.59. The van der Waals surface area contributed by atoms with Crippen molar-refractivity contribution in [3.8, 4) is 22.9 Å². The first-order valence-corrected chi connectivity index (χ1v) is 10.1. The van der Waals surface area contributed by atoms with Gasteiger partial charge in [-0.25, -0.2) is 4.68 Å². The second-order valence-electron chi connectivity index (χ2n) is 6.63. The summed E-state index contributed by atoms with van der Waals surface area (Å²) in [6, 6.07) is 12.8. The van der Waals surface area contributed by atoms with Crippen LogP contribution in [-0.4, -0.2) is 40.8 Å². The molecule has 0 radical (unpaired) electrons. The smallest absolute Gasteiger partial charge is 0.235 e. The van der Waals surface area contributed by atoms with Crippen LogP contribution in [0.25, 0.3) is 5.69 Å². The highest BCUT2D eigenvalue weighted by Gasteiger charge is 2.31. The average molecular weight is 411 g/mol. The molecule has 0 aliphatic carbocycles. The minimum Gasteiger partial charge on any atom is -0.504 e. The van der Waals surface area contributed by atoms with E-state index in [9.17, 15) is 9.90 Å². The largest absolute Gasteiger partial charge is 0.504 e. The van der Waals surface area contributed by atoms with Crippen molar-refractivity contribution in [3.05, 3.63) is 59.3 Å². The molecule has 0 saturated heterocycles. The number of methoxy groups -OCH3 is 2. The van der Waals surface area contributed by atoms with Crippen molar-refractivity contribution < 1.29 is 19.4 Å². The van der Waals surface area contributed by atoms with E-state index < -0.39 is 0 Å². The molecule has 1 aromatic heterocycles. The van der Waals surface area contributed by atoms with Crippen molar-refractivity contribution in [3.63, 3.8) is 0 Å². The molecule has 3 aromatic rings. The number of thioether (sulfide) groups is 1. The van der Waals surface area contributed by atoms with Gasteiger partial charge in [-0.2, -0.15) is 5.10 Å². The number of hydrogen-bond acceptors (Lipinski definition) is 6. The zero-order chi connectivity index (χ0) is 20.5. The lowest BCUT2D eigenvalue weighted by molar-refractivity contribution is -0.113. The van der Waals surface area contributed by atoms with Gasteiger partial charge in [0.2, 0.25) is 5.91 Å². The van der Waals surface area contributed by atoms with Crippen LogP contribution < -0.4 is 14.8 Å². The van der Waals surface area contributed by atoms with Crippen molar-refractivity contribution in [2.45, 2.75) is 12.2 Å². The summed E-state index contributed by atoms with van der Waals surface area (Å²) in [5.41, 5.74) is 3.51. The number of ether oxygens (including phenoxy) is 2. The third kappa shape index (κ3) is 3.51. The monoisotopic (exact) mass is 411 g/mol. The summed E-state index contributed by atoms with van der Waals surface area (Å²) < 4.78 is 12.2. The van der Waals surface area contributed by atoms with E-state index in [1.54, 1.807) is 23.9 Å². The highest BCUT2D eigenvalue weighted by atomic mass is 32.2. The third-order valence-electron chi connectivity index (χ3n) is 4.83. The molecule has 4 rings (SSSR count). The van der Waals surface area contributed by atoms with E-state index >= 15 is 0 Å². The van der Waals surface area contributed by atoms with Crippen LogP contribution >= 0.6 is 11.8 Å². The van der Waals surface area contributed by atoms with Crippen molar-refractivity contribution in [1.82, 2.24) is 9.78 Å². The first kappa shape index (κ1) is 19.2. The van der Waals surface area contributed by atoms with E-state index in [0.29, 0.717) is 17.3 Å². The lowest BCUT2D eigenvalue weighted by Crippen LogP contribution is -2.15. The van der Waals surface area contributed by atoms with Gasteiger partial charge >= 0.3 is 0 Å². The van der Waals surface area contributed by atoms with Gasteiger partial charge in [0.25, 0.3) is 0 Å². The Labute approximate surface area is 172 Å². The molecule has 0 saturated carbocycles. The van der Waals surface area contributed by atoms with Crippen LogP contribution in [0.5, 0.6) is 17.2 Å². The van der Waals surface area contributed by atoms with Gasteiger partial charge < -0.3 is 19.9 Å². The molecule has 1 aliphatic heterocycles. The van der Waals surface area contributed by atoms with Crippen LogP contribution in [0.3, 0.4) is 0 Å². The summed E-state index contributed by atoms with van der Waals surface area (Å²) in [6.45, 7) is 1.93. The Morgan fingerprint density at radius 2 is 1.93 bits per heavy atom. The molecule has 29 heavy (non-hydrogen) atoms. The van der Waals surface area contributed by atoms with E-state index in [1.165, 1.54) is 18.9 Å². The number of amides is 1. The molecule has 0 bridgehead atoms. The highest BCUT2D eigenvalue weighted by Crippen LogP contribution is 2.45. The topological polar surface area (TPSA) is 85.6 Å². The molecule has 1 amide bonds. The SMILES string of the molecule is COc1ccc(-n2nc(C)c3c2NC(=O)CS[C@@H]3c2ccc(O)c(OC)c2)cc1. The Hall–Kier alpha value is -3.13. The van der Waals surface area contributed by atoms with E-state index in [2.05, 4.69) is 5.32 Å². The Balaban J connectivity index is 1.85. The third-order valence-corrected chi connectivity index (χ3v) is 6.10. The highest BCUT2D eigenvalue weighted by molar-refractivity contribution is 8.00. The second kappa shape index (κ2) is 7.71. The normalized spacial score (nSPS) is 16.0. The van der Waals surface area contributed by atoms with Gasteiger partial charge in [-0.1, -0.05) is 6.07 Å². The molecule has 0 unspecified atom stereocenters. The number of aromatic nitrogens is 2.